The van der Waals surface area contributed by atoms with Crippen LogP contribution in [-0.2, 0) is 25.4 Å². The first-order valence-electron chi connectivity index (χ1n) is 7.94. The molecule has 1 amide bonds. The van der Waals surface area contributed by atoms with E-state index >= 15 is 0 Å². The fourth-order valence-electron chi connectivity index (χ4n) is 2.44. The highest BCUT2D eigenvalue weighted by Gasteiger charge is 2.52. The van der Waals surface area contributed by atoms with E-state index < -0.39 is 18.3 Å². The van der Waals surface area contributed by atoms with E-state index in [4.69, 9.17) is 14.0 Å². The lowest BCUT2D eigenvalue weighted by molar-refractivity contribution is -0.134. The van der Waals surface area contributed by atoms with Crippen molar-refractivity contribution in [3.8, 4) is 0 Å². The Kier molecular flexibility index (Phi) is 5.37. The van der Waals surface area contributed by atoms with Crippen LogP contribution in [0.3, 0.4) is 0 Å². The molecule has 0 unspecified atom stereocenters. The zero-order valence-electron chi connectivity index (χ0n) is 15.2. The van der Waals surface area contributed by atoms with Crippen molar-refractivity contribution < 1.29 is 23.2 Å². The lowest BCUT2D eigenvalue weighted by Gasteiger charge is -2.32. The zero-order valence-corrected chi connectivity index (χ0v) is 15.2. The Morgan fingerprint density at radius 1 is 1.25 bits per heavy atom. The van der Waals surface area contributed by atoms with Gasteiger partial charge in [-0.3, -0.25) is 4.79 Å². The summed E-state index contributed by atoms with van der Waals surface area (Å²) in [6.45, 7) is 8.06. The maximum Gasteiger partial charge on any atom is 0.497 e. The third-order valence-corrected chi connectivity index (χ3v) is 4.68. The van der Waals surface area contributed by atoms with Gasteiger partial charge in [0.05, 0.1) is 11.2 Å². The third kappa shape index (κ3) is 3.79. The molecular weight excluding hydrogens is 312 g/mol. The van der Waals surface area contributed by atoms with Gasteiger partial charge in [0.15, 0.2) is 0 Å². The first kappa shape index (κ1) is 18.9. The minimum Gasteiger partial charge on any atom is -0.399 e. The minimum absolute atomic E-state index is 0.0157. The number of hydrogen-bond donors (Lipinski definition) is 0. The molecule has 7 heteroatoms. The molecule has 1 saturated heterocycles. The van der Waals surface area contributed by atoms with Gasteiger partial charge in [0.25, 0.3) is 0 Å². The molecule has 0 atom stereocenters. The SMILES string of the molecule is COCC(=O)N(C)Cc1ccc(F)c(B2OC(C)(C)C(C)(C)O2)c1. The van der Waals surface area contributed by atoms with E-state index in [1.54, 1.807) is 19.2 Å². The highest BCUT2D eigenvalue weighted by molar-refractivity contribution is 6.62. The topological polar surface area (TPSA) is 48.0 Å². The monoisotopic (exact) mass is 337 g/mol. The second kappa shape index (κ2) is 6.82. The first-order chi connectivity index (χ1) is 11.1. The van der Waals surface area contributed by atoms with Crippen LogP contribution in [0.2, 0.25) is 0 Å². The highest BCUT2D eigenvalue weighted by atomic mass is 19.1. The van der Waals surface area contributed by atoms with Crippen LogP contribution in [-0.4, -0.2) is 49.9 Å². The number of nitrogens with zero attached hydrogens (tertiary/aromatic N) is 1. The van der Waals surface area contributed by atoms with Crippen LogP contribution in [0.25, 0.3) is 0 Å². The quantitative estimate of drug-likeness (QED) is 0.768. The van der Waals surface area contributed by atoms with E-state index in [0.29, 0.717) is 12.0 Å². The van der Waals surface area contributed by atoms with Crippen molar-refractivity contribution in [3.63, 3.8) is 0 Å². The molecule has 1 aliphatic rings. The lowest BCUT2D eigenvalue weighted by Crippen LogP contribution is -2.41. The maximum atomic E-state index is 14.3. The molecule has 0 bridgehead atoms. The van der Waals surface area contributed by atoms with Gasteiger partial charge in [-0.2, -0.15) is 0 Å². The summed E-state index contributed by atoms with van der Waals surface area (Å²) in [4.78, 5) is 13.3. The Bertz CT molecular complexity index is 605. The molecule has 1 aromatic carbocycles. The van der Waals surface area contributed by atoms with Gasteiger partial charge in [-0.15, -0.1) is 0 Å². The highest BCUT2D eigenvalue weighted by Crippen LogP contribution is 2.36. The molecule has 2 rings (SSSR count). The standard InChI is InChI=1S/C17H25BFNO4/c1-16(2)17(3,4)24-18(23-16)13-9-12(7-8-14(13)19)10-20(5)15(21)11-22-6/h7-9H,10-11H2,1-6H3. The van der Waals surface area contributed by atoms with Crippen molar-refractivity contribution in [2.45, 2.75) is 45.4 Å². The van der Waals surface area contributed by atoms with Crippen LogP contribution in [0, 0.1) is 5.82 Å². The summed E-state index contributed by atoms with van der Waals surface area (Å²) in [5, 5.41) is 0. The summed E-state index contributed by atoms with van der Waals surface area (Å²) in [5.74, 6) is -0.526. The van der Waals surface area contributed by atoms with Gasteiger partial charge in [-0.1, -0.05) is 12.1 Å². The van der Waals surface area contributed by atoms with Gasteiger partial charge in [-0.25, -0.2) is 4.39 Å². The predicted octanol–water partition coefficient (Wildman–Crippen LogP) is 1.73. The number of halogens is 1. The number of hydrogen-bond acceptors (Lipinski definition) is 4. The second-order valence-electron chi connectivity index (χ2n) is 7.13. The Morgan fingerprint density at radius 2 is 1.83 bits per heavy atom. The summed E-state index contributed by atoms with van der Waals surface area (Å²) >= 11 is 0. The van der Waals surface area contributed by atoms with Crippen LogP contribution in [0.1, 0.15) is 33.3 Å². The van der Waals surface area contributed by atoms with E-state index in [0.717, 1.165) is 5.56 Å². The van der Waals surface area contributed by atoms with E-state index in [9.17, 15) is 9.18 Å². The van der Waals surface area contributed by atoms with Crippen LogP contribution in [0.5, 0.6) is 0 Å². The van der Waals surface area contributed by atoms with Crippen molar-refractivity contribution in [2.24, 2.45) is 0 Å². The van der Waals surface area contributed by atoms with E-state index in [1.165, 1.54) is 18.1 Å². The summed E-state index contributed by atoms with van der Waals surface area (Å²) < 4.78 is 31.0. The summed E-state index contributed by atoms with van der Waals surface area (Å²) in [5.41, 5.74) is 0.0724. The Balaban J connectivity index is 2.20. The molecule has 0 aliphatic carbocycles. The summed E-state index contributed by atoms with van der Waals surface area (Å²) in [6, 6.07) is 4.72. The molecule has 0 aromatic heterocycles. The van der Waals surface area contributed by atoms with Gasteiger partial charge in [-0.05, 0) is 39.3 Å². The van der Waals surface area contributed by atoms with Gasteiger partial charge in [0.2, 0.25) is 5.91 Å². The lowest BCUT2D eigenvalue weighted by atomic mass is 9.78. The van der Waals surface area contributed by atoms with Crippen LogP contribution in [0.4, 0.5) is 4.39 Å². The summed E-state index contributed by atoms with van der Waals surface area (Å²) in [6.07, 6.45) is 0. The van der Waals surface area contributed by atoms with Gasteiger partial charge < -0.3 is 18.9 Å². The Labute approximate surface area is 143 Å². The van der Waals surface area contributed by atoms with Crippen molar-refractivity contribution in [3.05, 3.63) is 29.6 Å². The molecule has 1 aliphatic heterocycles. The van der Waals surface area contributed by atoms with Crippen LogP contribution in [0.15, 0.2) is 18.2 Å². The molecule has 24 heavy (non-hydrogen) atoms. The Morgan fingerprint density at radius 3 is 2.38 bits per heavy atom. The van der Waals surface area contributed by atoms with Crippen molar-refractivity contribution in [1.82, 2.24) is 4.90 Å². The number of benzene rings is 1. The average Bonchev–Trinajstić information content (AvgIpc) is 2.69. The third-order valence-electron chi connectivity index (χ3n) is 4.68. The predicted molar refractivity (Wildman–Crippen MR) is 90.5 cm³/mol. The van der Waals surface area contributed by atoms with Crippen molar-refractivity contribution in [1.29, 1.82) is 0 Å². The number of ether oxygens (including phenoxy) is 1. The number of amides is 1. The number of rotatable bonds is 5. The smallest absolute Gasteiger partial charge is 0.399 e. The molecule has 132 valence electrons. The van der Waals surface area contributed by atoms with Gasteiger partial charge >= 0.3 is 7.12 Å². The molecule has 0 spiro atoms. The Hall–Kier alpha value is -1.44. The number of likely N-dealkylation sites (N-methyl/N-ethyl adjacent to an activating group) is 1. The molecule has 1 heterocycles. The molecule has 0 radical (unpaired) electrons. The second-order valence-corrected chi connectivity index (χ2v) is 7.13. The largest absolute Gasteiger partial charge is 0.497 e. The molecule has 0 saturated carbocycles. The number of carbonyl (C=O) groups excluding carboxylic acids is 1. The molecular formula is C17H25BFNO4. The van der Waals surface area contributed by atoms with E-state index in [1.807, 2.05) is 27.7 Å². The molecule has 0 N–H and O–H groups in total. The number of methoxy groups -OCH3 is 1. The molecule has 1 fully saturated rings. The van der Waals surface area contributed by atoms with Crippen LogP contribution >= 0.6 is 0 Å². The first-order valence-corrected chi connectivity index (χ1v) is 7.94. The fourth-order valence-corrected chi connectivity index (χ4v) is 2.44. The van der Waals surface area contributed by atoms with Gasteiger partial charge in [0.1, 0.15) is 12.4 Å². The fraction of sp³-hybridized carbons (Fsp3) is 0.588. The molecule has 5 nitrogen and oxygen atoms in total. The minimum atomic E-state index is -0.769. The average molecular weight is 337 g/mol. The van der Waals surface area contributed by atoms with Crippen molar-refractivity contribution in [2.75, 3.05) is 20.8 Å². The van der Waals surface area contributed by atoms with E-state index in [-0.39, 0.29) is 18.3 Å². The van der Waals surface area contributed by atoms with Gasteiger partial charge in [0, 0.05) is 26.2 Å². The zero-order chi connectivity index (χ0) is 18.1. The summed E-state index contributed by atoms with van der Waals surface area (Å²) in [7, 11) is 2.38. The normalized spacial score (nSPS) is 18.7. The maximum absolute atomic E-state index is 14.3. The number of carbonyl (C=O) groups is 1. The van der Waals surface area contributed by atoms with Crippen LogP contribution < -0.4 is 5.46 Å². The van der Waals surface area contributed by atoms with Crippen molar-refractivity contribution >= 4 is 18.5 Å². The van der Waals surface area contributed by atoms with E-state index in [2.05, 4.69) is 0 Å². The molecule has 1 aromatic rings.